The highest BCUT2D eigenvalue weighted by Crippen LogP contribution is 2.44. The van der Waals surface area contributed by atoms with Gasteiger partial charge < -0.3 is 9.80 Å². The zero-order valence-electron chi connectivity index (χ0n) is 13.7. The Labute approximate surface area is 143 Å². The van der Waals surface area contributed by atoms with Crippen molar-refractivity contribution in [2.45, 2.75) is 32.1 Å². The van der Waals surface area contributed by atoms with Crippen LogP contribution in [0, 0.1) is 0 Å². The minimum atomic E-state index is 0.794. The summed E-state index contributed by atoms with van der Waals surface area (Å²) in [7, 11) is 0. The fourth-order valence-corrected chi connectivity index (χ4v) is 3.92. The first-order valence-corrected chi connectivity index (χ1v) is 9.10. The van der Waals surface area contributed by atoms with Gasteiger partial charge in [-0.25, -0.2) is 0 Å². The molecule has 1 aliphatic rings. The van der Waals surface area contributed by atoms with Gasteiger partial charge in [0.15, 0.2) is 0 Å². The summed E-state index contributed by atoms with van der Waals surface area (Å²) < 4.78 is 0. The predicted octanol–water partition coefficient (Wildman–Crippen LogP) is 5.40. The molecule has 0 atom stereocenters. The largest absolute Gasteiger partial charge is 0.343 e. The Morgan fingerprint density at radius 1 is 1.32 bits per heavy atom. The van der Waals surface area contributed by atoms with Gasteiger partial charge in [-0.1, -0.05) is 49.9 Å². The van der Waals surface area contributed by atoms with E-state index in [0.29, 0.717) is 0 Å². The summed E-state index contributed by atoms with van der Waals surface area (Å²) in [6.07, 6.45) is 3.09. The fraction of sp³-hybridized carbons (Fsp3) is 0.444. The molecule has 0 spiro atoms. The van der Waals surface area contributed by atoms with Crippen LogP contribution in [0.3, 0.4) is 0 Å². The molecule has 1 heterocycles. The zero-order chi connectivity index (χ0) is 16.1. The van der Waals surface area contributed by atoms with Crippen LogP contribution < -0.4 is 4.90 Å². The summed E-state index contributed by atoms with van der Waals surface area (Å²) in [5, 5.41) is 0.794. The molecule has 0 fully saturated rings. The number of allylic oxidation sites excluding steroid dienone is 2. The van der Waals surface area contributed by atoms with Crippen LogP contribution in [0.2, 0.25) is 5.02 Å². The fourth-order valence-electron chi connectivity index (χ4n) is 2.76. The summed E-state index contributed by atoms with van der Waals surface area (Å²) >= 11 is 7.99. The lowest BCUT2D eigenvalue weighted by Gasteiger charge is -2.33. The maximum Gasteiger partial charge on any atom is 0.0565 e. The monoisotopic (exact) mass is 336 g/mol. The van der Waals surface area contributed by atoms with E-state index in [4.69, 9.17) is 11.6 Å². The van der Waals surface area contributed by atoms with Crippen LogP contribution in [-0.4, -0.2) is 31.1 Å². The molecule has 0 unspecified atom stereocenters. The molecule has 1 aromatic carbocycles. The van der Waals surface area contributed by atoms with Crippen LogP contribution >= 0.6 is 23.4 Å². The molecular weight excluding hydrogens is 312 g/mol. The molecular formula is C18H25ClN2S. The van der Waals surface area contributed by atoms with Gasteiger partial charge >= 0.3 is 0 Å². The summed E-state index contributed by atoms with van der Waals surface area (Å²) in [6, 6.07) is 6.14. The van der Waals surface area contributed by atoms with Crippen LogP contribution in [-0.2, 0) is 0 Å². The van der Waals surface area contributed by atoms with Crippen molar-refractivity contribution in [2.75, 3.05) is 31.1 Å². The van der Waals surface area contributed by atoms with Gasteiger partial charge in [-0.2, -0.15) is 0 Å². The van der Waals surface area contributed by atoms with Crippen molar-refractivity contribution in [1.82, 2.24) is 4.90 Å². The van der Waals surface area contributed by atoms with E-state index in [-0.39, 0.29) is 0 Å². The van der Waals surface area contributed by atoms with Crippen LogP contribution in [0.5, 0.6) is 0 Å². The summed E-state index contributed by atoms with van der Waals surface area (Å²) in [6.45, 7) is 14.9. The maximum absolute atomic E-state index is 6.21. The third-order valence-corrected chi connectivity index (χ3v) is 5.61. The molecule has 4 heteroatoms. The third-order valence-electron chi connectivity index (χ3n) is 4.13. The lowest BCUT2D eigenvalue weighted by atomic mass is 10.2. The predicted molar refractivity (Wildman–Crippen MR) is 100.0 cm³/mol. The normalized spacial score (nSPS) is 14.5. The van der Waals surface area contributed by atoms with Crippen molar-refractivity contribution >= 4 is 29.1 Å². The molecule has 0 aromatic heterocycles. The van der Waals surface area contributed by atoms with E-state index in [9.17, 15) is 0 Å². The molecule has 0 amide bonds. The minimum absolute atomic E-state index is 0.794. The number of benzene rings is 1. The molecule has 0 saturated heterocycles. The zero-order valence-corrected chi connectivity index (χ0v) is 15.3. The summed E-state index contributed by atoms with van der Waals surface area (Å²) in [5.74, 6) is 0. The second-order valence-electron chi connectivity index (χ2n) is 5.40. The van der Waals surface area contributed by atoms with E-state index in [1.54, 1.807) is 11.8 Å². The van der Waals surface area contributed by atoms with E-state index in [1.807, 2.05) is 12.1 Å². The average Bonchev–Trinajstić information content (AvgIpc) is 2.53. The van der Waals surface area contributed by atoms with Crippen LogP contribution in [0.25, 0.3) is 0 Å². The third kappa shape index (κ3) is 3.89. The topological polar surface area (TPSA) is 6.48 Å². The van der Waals surface area contributed by atoms with Gasteiger partial charge in [0.05, 0.1) is 5.69 Å². The van der Waals surface area contributed by atoms with Crippen LogP contribution in [0.4, 0.5) is 5.69 Å². The molecule has 1 aliphatic heterocycles. The van der Waals surface area contributed by atoms with Gasteiger partial charge in [-0.05, 0) is 51.2 Å². The van der Waals surface area contributed by atoms with Crippen LogP contribution in [0.15, 0.2) is 46.4 Å². The van der Waals surface area contributed by atoms with Gasteiger partial charge in [0.1, 0.15) is 0 Å². The molecule has 120 valence electrons. The highest BCUT2D eigenvalue weighted by atomic mass is 35.5. The number of hydrogen-bond donors (Lipinski definition) is 0. The molecule has 0 radical (unpaired) electrons. The first-order chi connectivity index (χ1) is 10.6. The SMILES string of the molecule is C=CC1=C(C)N(CCCN(CC)CC)c2cc(Cl)ccc2S1. The van der Waals surface area contributed by atoms with E-state index in [2.05, 4.69) is 49.3 Å². The van der Waals surface area contributed by atoms with Crippen LogP contribution in [0.1, 0.15) is 27.2 Å². The molecule has 22 heavy (non-hydrogen) atoms. The molecule has 2 nitrogen and oxygen atoms in total. The first kappa shape index (κ1) is 17.5. The van der Waals surface area contributed by atoms with E-state index >= 15 is 0 Å². The molecule has 0 saturated carbocycles. The van der Waals surface area contributed by atoms with Crippen molar-refractivity contribution in [3.05, 3.63) is 46.5 Å². The van der Waals surface area contributed by atoms with E-state index in [0.717, 1.165) is 37.6 Å². The number of hydrogen-bond acceptors (Lipinski definition) is 3. The molecule has 0 N–H and O–H groups in total. The molecule has 1 aromatic rings. The first-order valence-electron chi connectivity index (χ1n) is 7.91. The second-order valence-corrected chi connectivity index (χ2v) is 6.92. The number of anilines is 1. The summed E-state index contributed by atoms with van der Waals surface area (Å²) in [5.41, 5.74) is 2.49. The quantitative estimate of drug-likeness (QED) is 0.658. The highest BCUT2D eigenvalue weighted by molar-refractivity contribution is 8.03. The van der Waals surface area contributed by atoms with Gasteiger partial charge in [0.25, 0.3) is 0 Å². The number of fused-ring (bicyclic) bond motifs is 1. The van der Waals surface area contributed by atoms with E-state index in [1.165, 1.54) is 21.2 Å². The van der Waals surface area contributed by atoms with Gasteiger partial charge in [0.2, 0.25) is 0 Å². The van der Waals surface area contributed by atoms with Crippen molar-refractivity contribution < 1.29 is 0 Å². The van der Waals surface area contributed by atoms with Crippen molar-refractivity contribution in [2.24, 2.45) is 0 Å². The smallest absolute Gasteiger partial charge is 0.0565 e. The van der Waals surface area contributed by atoms with Crippen molar-refractivity contribution in [1.29, 1.82) is 0 Å². The van der Waals surface area contributed by atoms with Crippen molar-refractivity contribution in [3.8, 4) is 0 Å². The average molecular weight is 337 g/mol. The minimum Gasteiger partial charge on any atom is -0.343 e. The Balaban J connectivity index is 2.18. The molecule has 0 aliphatic carbocycles. The van der Waals surface area contributed by atoms with Gasteiger partial charge in [-0.3, -0.25) is 0 Å². The number of nitrogens with zero attached hydrogens (tertiary/aromatic N) is 2. The lowest BCUT2D eigenvalue weighted by molar-refractivity contribution is 0.301. The van der Waals surface area contributed by atoms with Crippen molar-refractivity contribution in [3.63, 3.8) is 0 Å². The number of rotatable bonds is 7. The van der Waals surface area contributed by atoms with Gasteiger partial charge in [0, 0.05) is 27.1 Å². The highest BCUT2D eigenvalue weighted by Gasteiger charge is 2.22. The Bertz CT molecular complexity index is 564. The summed E-state index contributed by atoms with van der Waals surface area (Å²) in [4.78, 5) is 7.34. The maximum atomic E-state index is 6.21. The molecule has 2 rings (SSSR count). The number of halogens is 1. The number of thioether (sulfide) groups is 1. The van der Waals surface area contributed by atoms with E-state index < -0.39 is 0 Å². The lowest BCUT2D eigenvalue weighted by Crippen LogP contribution is -2.30. The Hall–Kier alpha value is -0.900. The Kier molecular flexibility index (Phi) is 6.42. The Morgan fingerprint density at radius 3 is 2.68 bits per heavy atom. The van der Waals surface area contributed by atoms with Gasteiger partial charge in [-0.15, -0.1) is 0 Å². The second kappa shape index (κ2) is 8.09. The molecule has 0 bridgehead atoms. The standard InChI is InChI=1S/C18H25ClN2S/c1-5-17-14(4)21(12-8-11-20(6-2)7-3)16-13-15(19)9-10-18(16)22-17/h5,9-10,13H,1,6-8,11-12H2,2-4H3. The Morgan fingerprint density at radius 2 is 2.05 bits per heavy atom.